The first-order valence-corrected chi connectivity index (χ1v) is 7.12. The molecule has 0 radical (unpaired) electrons. The molecule has 0 aromatic heterocycles. The third kappa shape index (κ3) is 6.58. The fourth-order valence-electron chi connectivity index (χ4n) is 2.14. The molecule has 5 heteroatoms. The lowest BCUT2D eigenvalue weighted by Crippen LogP contribution is -2.45. The quantitative estimate of drug-likeness (QED) is 0.813. The highest BCUT2D eigenvalue weighted by Crippen LogP contribution is 2.16. The molecule has 1 aromatic carbocycles. The standard InChI is InChI=1S/C16H24FNO3/c1-11(2)9-16(4,20)10-18-15(19)12(3)21-14-7-5-13(17)6-8-14/h5-8,11-12,20H,9-10H2,1-4H3,(H,18,19). The van der Waals surface area contributed by atoms with Gasteiger partial charge in [-0.3, -0.25) is 4.79 Å². The molecule has 2 unspecified atom stereocenters. The second kappa shape index (κ2) is 7.41. The van der Waals surface area contributed by atoms with Gasteiger partial charge in [-0.25, -0.2) is 4.39 Å². The predicted molar refractivity (Wildman–Crippen MR) is 79.6 cm³/mol. The summed E-state index contributed by atoms with van der Waals surface area (Å²) in [6.07, 6.45) is -0.120. The summed E-state index contributed by atoms with van der Waals surface area (Å²) in [4.78, 5) is 11.9. The molecule has 1 amide bonds. The molecule has 0 aliphatic heterocycles. The number of benzene rings is 1. The summed E-state index contributed by atoms with van der Waals surface area (Å²) >= 11 is 0. The molecule has 1 rings (SSSR count). The van der Waals surface area contributed by atoms with Crippen LogP contribution in [0.1, 0.15) is 34.1 Å². The SMILES string of the molecule is CC(C)CC(C)(O)CNC(=O)C(C)Oc1ccc(F)cc1. The van der Waals surface area contributed by atoms with Crippen LogP contribution in [0, 0.1) is 11.7 Å². The largest absolute Gasteiger partial charge is 0.481 e. The number of halogens is 1. The van der Waals surface area contributed by atoms with Crippen molar-refractivity contribution < 1.29 is 19.0 Å². The second-order valence-corrected chi connectivity index (χ2v) is 6.03. The van der Waals surface area contributed by atoms with Gasteiger partial charge in [0.25, 0.3) is 5.91 Å². The zero-order valence-electron chi connectivity index (χ0n) is 13.0. The van der Waals surface area contributed by atoms with E-state index >= 15 is 0 Å². The van der Waals surface area contributed by atoms with Gasteiger partial charge >= 0.3 is 0 Å². The Balaban J connectivity index is 2.46. The summed E-state index contributed by atoms with van der Waals surface area (Å²) in [6.45, 7) is 7.49. The molecule has 2 N–H and O–H groups in total. The van der Waals surface area contributed by atoms with Gasteiger partial charge in [-0.1, -0.05) is 13.8 Å². The molecule has 0 aliphatic rings. The van der Waals surface area contributed by atoms with Crippen LogP contribution in [0.4, 0.5) is 4.39 Å². The summed E-state index contributed by atoms with van der Waals surface area (Å²) in [7, 11) is 0. The molecular formula is C16H24FNO3. The van der Waals surface area contributed by atoms with E-state index in [1.165, 1.54) is 24.3 Å². The molecule has 0 aliphatic carbocycles. The predicted octanol–water partition coefficient (Wildman–Crippen LogP) is 2.51. The van der Waals surface area contributed by atoms with Gasteiger partial charge in [0.2, 0.25) is 0 Å². The molecule has 0 saturated heterocycles. The Morgan fingerprint density at radius 2 is 1.90 bits per heavy atom. The van der Waals surface area contributed by atoms with Crippen LogP contribution in [0.3, 0.4) is 0 Å². The van der Waals surface area contributed by atoms with Crippen LogP contribution in [0.15, 0.2) is 24.3 Å². The number of nitrogens with one attached hydrogen (secondary N) is 1. The smallest absolute Gasteiger partial charge is 0.260 e. The number of hydrogen-bond donors (Lipinski definition) is 2. The Hall–Kier alpha value is -1.62. The van der Waals surface area contributed by atoms with Crippen LogP contribution in [0.2, 0.25) is 0 Å². The highest BCUT2D eigenvalue weighted by atomic mass is 19.1. The van der Waals surface area contributed by atoms with Gasteiger partial charge in [0.15, 0.2) is 6.10 Å². The van der Waals surface area contributed by atoms with Crippen molar-refractivity contribution in [1.82, 2.24) is 5.32 Å². The van der Waals surface area contributed by atoms with Crippen LogP contribution in [-0.4, -0.2) is 29.3 Å². The minimum atomic E-state index is -0.945. The molecule has 21 heavy (non-hydrogen) atoms. The van der Waals surface area contributed by atoms with Gasteiger partial charge in [-0.2, -0.15) is 0 Å². The Kier molecular flexibility index (Phi) is 6.15. The highest BCUT2D eigenvalue weighted by Gasteiger charge is 2.24. The van der Waals surface area contributed by atoms with Gasteiger partial charge in [0.1, 0.15) is 11.6 Å². The van der Waals surface area contributed by atoms with Crippen LogP contribution in [-0.2, 0) is 4.79 Å². The number of hydrogen-bond acceptors (Lipinski definition) is 3. The van der Waals surface area contributed by atoms with Crippen molar-refractivity contribution in [3.63, 3.8) is 0 Å². The Morgan fingerprint density at radius 1 is 1.33 bits per heavy atom. The van der Waals surface area contributed by atoms with E-state index in [9.17, 15) is 14.3 Å². The van der Waals surface area contributed by atoms with Crippen molar-refractivity contribution in [3.8, 4) is 5.75 Å². The Morgan fingerprint density at radius 3 is 2.43 bits per heavy atom. The molecule has 0 saturated carbocycles. The van der Waals surface area contributed by atoms with E-state index in [4.69, 9.17) is 4.74 Å². The maximum atomic E-state index is 12.8. The van der Waals surface area contributed by atoms with E-state index in [0.717, 1.165) is 0 Å². The fourth-order valence-corrected chi connectivity index (χ4v) is 2.14. The molecule has 4 nitrogen and oxygen atoms in total. The summed E-state index contributed by atoms with van der Waals surface area (Å²) in [5.74, 6) is 0.0883. The van der Waals surface area contributed by atoms with Crippen LogP contribution >= 0.6 is 0 Å². The maximum absolute atomic E-state index is 12.8. The fraction of sp³-hybridized carbons (Fsp3) is 0.562. The molecule has 0 bridgehead atoms. The summed E-state index contributed by atoms with van der Waals surface area (Å²) in [5.41, 5.74) is -0.945. The number of carbonyl (C=O) groups is 1. The first-order valence-electron chi connectivity index (χ1n) is 7.12. The van der Waals surface area contributed by atoms with Gasteiger partial charge in [0.05, 0.1) is 5.60 Å². The van der Waals surface area contributed by atoms with E-state index in [-0.39, 0.29) is 18.3 Å². The number of ether oxygens (including phenoxy) is 1. The van der Waals surface area contributed by atoms with Gasteiger partial charge in [0, 0.05) is 6.54 Å². The normalized spacial score (nSPS) is 15.4. The van der Waals surface area contributed by atoms with E-state index < -0.39 is 11.7 Å². The zero-order chi connectivity index (χ0) is 16.0. The maximum Gasteiger partial charge on any atom is 0.260 e. The molecular weight excluding hydrogens is 273 g/mol. The lowest BCUT2D eigenvalue weighted by molar-refractivity contribution is -0.128. The second-order valence-electron chi connectivity index (χ2n) is 6.03. The summed E-state index contributed by atoms with van der Waals surface area (Å²) in [6, 6.07) is 5.48. The Bertz CT molecular complexity index is 457. The van der Waals surface area contributed by atoms with Crippen molar-refractivity contribution in [3.05, 3.63) is 30.1 Å². The first kappa shape index (κ1) is 17.4. The van der Waals surface area contributed by atoms with Gasteiger partial charge in [-0.15, -0.1) is 0 Å². The number of amides is 1. The topological polar surface area (TPSA) is 58.6 Å². The van der Waals surface area contributed by atoms with Crippen LogP contribution in [0.25, 0.3) is 0 Å². The third-order valence-corrected chi connectivity index (χ3v) is 2.99. The van der Waals surface area contributed by atoms with Crippen molar-refractivity contribution >= 4 is 5.91 Å². The average Bonchev–Trinajstić information content (AvgIpc) is 2.37. The average molecular weight is 297 g/mol. The first-order chi connectivity index (χ1) is 9.69. The highest BCUT2D eigenvalue weighted by molar-refractivity contribution is 5.80. The Labute approximate surface area is 125 Å². The van der Waals surface area contributed by atoms with Crippen LogP contribution < -0.4 is 10.1 Å². The molecule has 1 aromatic rings. The summed E-state index contributed by atoms with van der Waals surface area (Å²) in [5, 5.41) is 12.8. The molecule has 118 valence electrons. The van der Waals surface area contributed by atoms with Crippen molar-refractivity contribution in [1.29, 1.82) is 0 Å². The van der Waals surface area contributed by atoms with E-state index in [1.807, 2.05) is 13.8 Å². The lowest BCUT2D eigenvalue weighted by Gasteiger charge is -2.26. The van der Waals surface area contributed by atoms with E-state index in [0.29, 0.717) is 18.1 Å². The third-order valence-electron chi connectivity index (χ3n) is 2.99. The molecule has 0 spiro atoms. The van der Waals surface area contributed by atoms with Gasteiger partial charge in [-0.05, 0) is 50.5 Å². The lowest BCUT2D eigenvalue weighted by atomic mass is 9.94. The molecule has 0 heterocycles. The summed E-state index contributed by atoms with van der Waals surface area (Å²) < 4.78 is 18.2. The zero-order valence-corrected chi connectivity index (χ0v) is 13.0. The minimum Gasteiger partial charge on any atom is -0.481 e. The number of carbonyl (C=O) groups excluding carboxylic acids is 1. The van der Waals surface area contributed by atoms with Crippen molar-refractivity contribution in [2.45, 2.75) is 45.8 Å². The van der Waals surface area contributed by atoms with E-state index in [2.05, 4.69) is 5.32 Å². The van der Waals surface area contributed by atoms with Crippen molar-refractivity contribution in [2.75, 3.05) is 6.54 Å². The van der Waals surface area contributed by atoms with Crippen LogP contribution in [0.5, 0.6) is 5.75 Å². The van der Waals surface area contributed by atoms with E-state index in [1.54, 1.807) is 13.8 Å². The number of rotatable bonds is 7. The monoisotopic (exact) mass is 297 g/mol. The molecule has 2 atom stereocenters. The minimum absolute atomic E-state index is 0.168. The van der Waals surface area contributed by atoms with Gasteiger partial charge < -0.3 is 15.2 Å². The molecule has 0 fully saturated rings. The number of aliphatic hydroxyl groups is 1. The van der Waals surface area contributed by atoms with Crippen molar-refractivity contribution in [2.24, 2.45) is 5.92 Å².